The maximum Gasteiger partial charge on any atom is 0.0925 e. The van der Waals surface area contributed by atoms with Gasteiger partial charge in [-0.3, -0.25) is 0 Å². The summed E-state index contributed by atoms with van der Waals surface area (Å²) in [5.41, 5.74) is 3.18. The van der Waals surface area contributed by atoms with Crippen molar-refractivity contribution in [3.05, 3.63) is 60.2 Å². The maximum absolute atomic E-state index is 9.56. The van der Waals surface area contributed by atoms with Gasteiger partial charge >= 0.3 is 0 Å². The van der Waals surface area contributed by atoms with Gasteiger partial charge in [0.15, 0.2) is 0 Å². The fraction of sp³-hybridized carbons (Fsp3) is 0.143. The topological polar surface area (TPSA) is 20.2 Å². The monoisotopic (exact) mass is 232 g/mol. The van der Waals surface area contributed by atoms with Crippen molar-refractivity contribution < 1.29 is 5.11 Å². The second kappa shape index (κ2) is 5.15. The molecule has 2 rings (SSSR count). The van der Waals surface area contributed by atoms with Crippen LogP contribution in [0.2, 0.25) is 0 Å². The van der Waals surface area contributed by atoms with Gasteiger partial charge in [-0.2, -0.15) is 0 Å². The highest BCUT2D eigenvalue weighted by Gasteiger charge is 2.05. The summed E-state index contributed by atoms with van der Waals surface area (Å²) >= 11 is 5.59. The van der Waals surface area contributed by atoms with Crippen molar-refractivity contribution in [1.29, 1.82) is 0 Å². The van der Waals surface area contributed by atoms with E-state index in [1.807, 2.05) is 42.5 Å². The third-order valence-electron chi connectivity index (χ3n) is 2.55. The Kier molecular flexibility index (Phi) is 3.60. The molecule has 16 heavy (non-hydrogen) atoms. The lowest BCUT2D eigenvalue weighted by Gasteiger charge is -2.08. The molecule has 0 bridgehead atoms. The van der Waals surface area contributed by atoms with Crippen molar-refractivity contribution in [3.63, 3.8) is 0 Å². The molecule has 0 spiro atoms. The van der Waals surface area contributed by atoms with E-state index in [2.05, 4.69) is 12.1 Å². The van der Waals surface area contributed by atoms with Gasteiger partial charge < -0.3 is 5.11 Å². The zero-order valence-electron chi connectivity index (χ0n) is 8.81. The van der Waals surface area contributed by atoms with Crippen LogP contribution in [0.25, 0.3) is 11.1 Å². The summed E-state index contributed by atoms with van der Waals surface area (Å²) in [5.74, 6) is 0.227. The number of hydrogen-bond acceptors (Lipinski definition) is 1. The summed E-state index contributed by atoms with van der Waals surface area (Å²) < 4.78 is 0. The molecule has 0 aliphatic heterocycles. The highest BCUT2D eigenvalue weighted by molar-refractivity contribution is 6.18. The van der Waals surface area contributed by atoms with Crippen LogP contribution in [-0.4, -0.2) is 11.0 Å². The number of hydrogen-bond donors (Lipinski definition) is 1. The maximum atomic E-state index is 9.56. The second-order valence-corrected chi connectivity index (χ2v) is 3.97. The number of benzene rings is 2. The molecule has 0 aliphatic carbocycles. The van der Waals surface area contributed by atoms with Crippen LogP contribution >= 0.6 is 11.6 Å². The predicted molar refractivity (Wildman–Crippen MR) is 67.6 cm³/mol. The molecule has 82 valence electrons. The first-order valence-electron chi connectivity index (χ1n) is 5.20. The highest BCUT2D eigenvalue weighted by Crippen LogP contribution is 2.22. The average molecular weight is 233 g/mol. The Morgan fingerprint density at radius 1 is 0.875 bits per heavy atom. The second-order valence-electron chi connectivity index (χ2n) is 3.66. The van der Waals surface area contributed by atoms with Gasteiger partial charge in [0.2, 0.25) is 0 Å². The lowest BCUT2D eigenvalue weighted by atomic mass is 10.0. The largest absolute Gasteiger partial charge is 0.387 e. The molecule has 0 radical (unpaired) electrons. The van der Waals surface area contributed by atoms with Gasteiger partial charge in [-0.1, -0.05) is 54.6 Å². The van der Waals surface area contributed by atoms with E-state index in [1.165, 1.54) is 5.56 Å². The van der Waals surface area contributed by atoms with Crippen LogP contribution in [0.4, 0.5) is 0 Å². The zero-order chi connectivity index (χ0) is 11.4. The van der Waals surface area contributed by atoms with Crippen LogP contribution in [-0.2, 0) is 0 Å². The molecule has 0 fully saturated rings. The molecule has 2 aromatic carbocycles. The number of alkyl halides is 1. The standard InChI is InChI=1S/C14H13ClO/c15-10-14(16)13-8-6-12(7-9-13)11-4-2-1-3-5-11/h1-9,14,16H,10H2/t14-/m0/s1. The number of aliphatic hydroxyl groups excluding tert-OH is 1. The Morgan fingerprint density at radius 3 is 2.00 bits per heavy atom. The molecule has 0 amide bonds. The smallest absolute Gasteiger partial charge is 0.0925 e. The van der Waals surface area contributed by atoms with Crippen molar-refractivity contribution in [3.8, 4) is 11.1 Å². The van der Waals surface area contributed by atoms with E-state index in [4.69, 9.17) is 11.6 Å². The molecule has 0 heterocycles. The molecule has 0 saturated heterocycles. The van der Waals surface area contributed by atoms with Gasteiger partial charge in [0.1, 0.15) is 0 Å². The Balaban J connectivity index is 2.26. The van der Waals surface area contributed by atoms with E-state index >= 15 is 0 Å². The molecule has 2 heteroatoms. The van der Waals surface area contributed by atoms with E-state index in [-0.39, 0.29) is 5.88 Å². The molecule has 1 atom stereocenters. The van der Waals surface area contributed by atoms with Crippen molar-refractivity contribution in [1.82, 2.24) is 0 Å². The molecule has 1 N–H and O–H groups in total. The quantitative estimate of drug-likeness (QED) is 0.802. The summed E-state index contributed by atoms with van der Waals surface area (Å²) in [6.07, 6.45) is -0.577. The molecule has 1 nitrogen and oxygen atoms in total. The van der Waals surface area contributed by atoms with Crippen LogP contribution in [0.15, 0.2) is 54.6 Å². The molecule has 0 aliphatic rings. The number of aliphatic hydroxyl groups is 1. The molecule has 0 aromatic heterocycles. The van der Waals surface area contributed by atoms with Crippen LogP contribution in [0.5, 0.6) is 0 Å². The minimum absolute atomic E-state index is 0.227. The molecule has 2 aromatic rings. The van der Waals surface area contributed by atoms with E-state index in [0.717, 1.165) is 11.1 Å². The normalized spacial score (nSPS) is 12.4. The fourth-order valence-corrected chi connectivity index (χ4v) is 1.80. The van der Waals surface area contributed by atoms with Gasteiger partial charge in [0.25, 0.3) is 0 Å². The summed E-state index contributed by atoms with van der Waals surface area (Å²) in [6, 6.07) is 18.0. The minimum atomic E-state index is -0.577. The Hall–Kier alpha value is -1.31. The van der Waals surface area contributed by atoms with Crippen LogP contribution in [0.1, 0.15) is 11.7 Å². The lowest BCUT2D eigenvalue weighted by Crippen LogP contribution is -1.97. The van der Waals surface area contributed by atoms with Gasteiger partial charge in [-0.05, 0) is 16.7 Å². The third kappa shape index (κ3) is 2.43. The first-order chi connectivity index (χ1) is 7.81. The fourth-order valence-electron chi connectivity index (χ4n) is 1.62. The van der Waals surface area contributed by atoms with Crippen LogP contribution in [0.3, 0.4) is 0 Å². The van der Waals surface area contributed by atoms with Gasteiger partial charge in [0, 0.05) is 0 Å². The van der Waals surface area contributed by atoms with E-state index in [1.54, 1.807) is 0 Å². The third-order valence-corrected chi connectivity index (χ3v) is 2.84. The molecule has 0 unspecified atom stereocenters. The van der Waals surface area contributed by atoms with Crippen LogP contribution < -0.4 is 0 Å². The number of rotatable bonds is 3. The summed E-state index contributed by atoms with van der Waals surface area (Å²) in [5, 5.41) is 9.56. The summed E-state index contributed by atoms with van der Waals surface area (Å²) in [4.78, 5) is 0. The molecule has 0 saturated carbocycles. The number of halogens is 1. The SMILES string of the molecule is O[C@@H](CCl)c1ccc(-c2ccccc2)cc1. The van der Waals surface area contributed by atoms with Gasteiger partial charge in [-0.25, -0.2) is 0 Å². The van der Waals surface area contributed by atoms with E-state index in [9.17, 15) is 5.11 Å². The Labute approximate surface area is 100 Å². The first-order valence-corrected chi connectivity index (χ1v) is 5.74. The summed E-state index contributed by atoms with van der Waals surface area (Å²) in [6.45, 7) is 0. The predicted octanol–water partition coefficient (Wildman–Crippen LogP) is 3.63. The Morgan fingerprint density at radius 2 is 1.44 bits per heavy atom. The van der Waals surface area contributed by atoms with Crippen molar-refractivity contribution in [2.24, 2.45) is 0 Å². The van der Waals surface area contributed by atoms with E-state index in [0.29, 0.717) is 0 Å². The van der Waals surface area contributed by atoms with Crippen molar-refractivity contribution >= 4 is 11.6 Å². The van der Waals surface area contributed by atoms with Gasteiger partial charge in [-0.15, -0.1) is 11.6 Å². The molecular weight excluding hydrogens is 220 g/mol. The van der Waals surface area contributed by atoms with E-state index < -0.39 is 6.10 Å². The minimum Gasteiger partial charge on any atom is -0.387 e. The first kappa shape index (κ1) is 11.2. The van der Waals surface area contributed by atoms with Gasteiger partial charge in [0.05, 0.1) is 12.0 Å². The molecular formula is C14H13ClO. The van der Waals surface area contributed by atoms with Crippen molar-refractivity contribution in [2.45, 2.75) is 6.10 Å². The zero-order valence-corrected chi connectivity index (χ0v) is 9.56. The summed E-state index contributed by atoms with van der Waals surface area (Å²) in [7, 11) is 0. The average Bonchev–Trinajstić information content (AvgIpc) is 2.39. The van der Waals surface area contributed by atoms with Crippen LogP contribution in [0, 0.1) is 0 Å². The van der Waals surface area contributed by atoms with Crippen molar-refractivity contribution in [2.75, 3.05) is 5.88 Å². The lowest BCUT2D eigenvalue weighted by molar-refractivity contribution is 0.202. The highest BCUT2D eigenvalue weighted by atomic mass is 35.5. The Bertz CT molecular complexity index is 436.